The summed E-state index contributed by atoms with van der Waals surface area (Å²) >= 11 is 0. The van der Waals surface area contributed by atoms with Crippen LogP contribution in [0.3, 0.4) is 0 Å². The van der Waals surface area contributed by atoms with Crippen LogP contribution in [0.2, 0.25) is 0 Å². The van der Waals surface area contributed by atoms with E-state index in [0.29, 0.717) is 24.3 Å². The van der Waals surface area contributed by atoms with Crippen LogP contribution in [0, 0.1) is 5.92 Å². The second-order valence-corrected chi connectivity index (χ2v) is 5.27. The Morgan fingerprint density at radius 3 is 2.67 bits per heavy atom. The third kappa shape index (κ3) is 3.02. The summed E-state index contributed by atoms with van der Waals surface area (Å²) in [7, 11) is 4.22. The van der Waals surface area contributed by atoms with Gasteiger partial charge in [0.25, 0.3) is 0 Å². The maximum atomic E-state index is 11.7. The molecule has 1 aliphatic carbocycles. The number of likely N-dealkylation sites (tertiary alicyclic amines) is 1. The molecule has 86 valence electrons. The molecule has 2 rings (SSSR count). The number of carbonyl (C=O) groups excluding carboxylic acids is 1. The SMILES string of the molecule is CN(C)CC1CCCN1CC(=O)C1CC1. The zero-order valence-electron chi connectivity index (χ0n) is 9.91. The fraction of sp³-hybridized carbons (Fsp3) is 0.917. The summed E-state index contributed by atoms with van der Waals surface area (Å²) in [5, 5.41) is 0. The van der Waals surface area contributed by atoms with Gasteiger partial charge in [-0.25, -0.2) is 0 Å². The predicted molar refractivity (Wildman–Crippen MR) is 60.9 cm³/mol. The van der Waals surface area contributed by atoms with Crippen LogP contribution in [0.5, 0.6) is 0 Å². The Morgan fingerprint density at radius 2 is 2.07 bits per heavy atom. The van der Waals surface area contributed by atoms with Crippen LogP contribution in [-0.4, -0.2) is 55.4 Å². The Bertz CT molecular complexity index is 236. The first-order valence-corrected chi connectivity index (χ1v) is 6.08. The van der Waals surface area contributed by atoms with E-state index in [1.54, 1.807) is 0 Å². The number of carbonyl (C=O) groups is 1. The quantitative estimate of drug-likeness (QED) is 0.676. The molecule has 2 aliphatic rings. The molecule has 3 nitrogen and oxygen atoms in total. The van der Waals surface area contributed by atoms with Gasteiger partial charge in [0.05, 0.1) is 6.54 Å². The highest BCUT2D eigenvalue weighted by atomic mass is 16.1. The van der Waals surface area contributed by atoms with Crippen molar-refractivity contribution in [2.45, 2.75) is 31.7 Å². The molecule has 0 bridgehead atoms. The van der Waals surface area contributed by atoms with Gasteiger partial charge in [0.1, 0.15) is 5.78 Å². The first-order valence-electron chi connectivity index (χ1n) is 6.08. The van der Waals surface area contributed by atoms with Crippen molar-refractivity contribution in [1.29, 1.82) is 0 Å². The normalized spacial score (nSPS) is 27.5. The molecule has 1 atom stereocenters. The molecule has 1 saturated heterocycles. The minimum Gasteiger partial charge on any atom is -0.308 e. The predicted octanol–water partition coefficient (Wildman–Crippen LogP) is 0.991. The van der Waals surface area contributed by atoms with Gasteiger partial charge < -0.3 is 4.90 Å². The van der Waals surface area contributed by atoms with Gasteiger partial charge in [0.2, 0.25) is 0 Å². The molecule has 0 aromatic rings. The molecule has 0 amide bonds. The third-order valence-electron chi connectivity index (χ3n) is 3.47. The lowest BCUT2D eigenvalue weighted by atomic mass is 10.2. The molecule has 1 heterocycles. The molecule has 3 heteroatoms. The molecule has 0 N–H and O–H groups in total. The van der Waals surface area contributed by atoms with Gasteiger partial charge in [0, 0.05) is 18.5 Å². The fourth-order valence-corrected chi connectivity index (χ4v) is 2.47. The van der Waals surface area contributed by atoms with E-state index >= 15 is 0 Å². The highest BCUT2D eigenvalue weighted by Gasteiger charge is 2.33. The van der Waals surface area contributed by atoms with Crippen molar-refractivity contribution in [3.05, 3.63) is 0 Å². The lowest BCUT2D eigenvalue weighted by Crippen LogP contribution is -2.40. The van der Waals surface area contributed by atoms with Crippen LogP contribution in [-0.2, 0) is 4.79 Å². The summed E-state index contributed by atoms with van der Waals surface area (Å²) in [6.45, 7) is 2.93. The monoisotopic (exact) mass is 210 g/mol. The molecule has 15 heavy (non-hydrogen) atoms. The highest BCUT2D eigenvalue weighted by Crippen LogP contribution is 2.30. The molecule has 1 unspecified atom stereocenters. The molecular weight excluding hydrogens is 188 g/mol. The minimum atomic E-state index is 0.422. The van der Waals surface area contributed by atoms with Crippen molar-refractivity contribution < 1.29 is 4.79 Å². The zero-order valence-corrected chi connectivity index (χ0v) is 9.91. The van der Waals surface area contributed by atoms with Crippen molar-refractivity contribution in [1.82, 2.24) is 9.80 Å². The average Bonchev–Trinajstić information content (AvgIpc) is 2.92. The fourth-order valence-electron chi connectivity index (χ4n) is 2.47. The van der Waals surface area contributed by atoms with Crippen LogP contribution in [0.1, 0.15) is 25.7 Å². The van der Waals surface area contributed by atoms with Crippen molar-refractivity contribution in [3.63, 3.8) is 0 Å². The first-order chi connectivity index (χ1) is 7.16. The van der Waals surface area contributed by atoms with Gasteiger partial charge in [-0.15, -0.1) is 0 Å². The average molecular weight is 210 g/mol. The molecular formula is C12H22N2O. The van der Waals surface area contributed by atoms with Gasteiger partial charge in [-0.3, -0.25) is 9.69 Å². The van der Waals surface area contributed by atoms with Crippen LogP contribution in [0.25, 0.3) is 0 Å². The standard InChI is InChI=1S/C12H22N2O/c1-13(2)8-11-4-3-7-14(11)9-12(15)10-5-6-10/h10-11H,3-9H2,1-2H3. The van der Waals surface area contributed by atoms with E-state index in [2.05, 4.69) is 23.9 Å². The number of likely N-dealkylation sites (N-methyl/N-ethyl adjacent to an activating group) is 1. The Kier molecular flexibility index (Phi) is 3.42. The number of hydrogen-bond acceptors (Lipinski definition) is 3. The summed E-state index contributed by atoms with van der Waals surface area (Å²) in [5.41, 5.74) is 0. The number of Topliss-reactive ketones (excluding diaryl/α,β-unsaturated/α-hetero) is 1. The topological polar surface area (TPSA) is 23.6 Å². The Labute approximate surface area is 92.4 Å². The van der Waals surface area contributed by atoms with E-state index in [0.717, 1.165) is 25.9 Å². The van der Waals surface area contributed by atoms with Gasteiger partial charge in [0.15, 0.2) is 0 Å². The van der Waals surface area contributed by atoms with Crippen molar-refractivity contribution in [2.75, 3.05) is 33.7 Å². The minimum absolute atomic E-state index is 0.422. The van der Waals surface area contributed by atoms with E-state index in [-0.39, 0.29) is 0 Å². The molecule has 0 aromatic carbocycles. The van der Waals surface area contributed by atoms with Crippen LogP contribution in [0.15, 0.2) is 0 Å². The summed E-state index contributed by atoms with van der Waals surface area (Å²) in [6, 6.07) is 0.614. The molecule has 0 spiro atoms. The summed E-state index contributed by atoms with van der Waals surface area (Å²) < 4.78 is 0. The second-order valence-electron chi connectivity index (χ2n) is 5.27. The van der Waals surface area contributed by atoms with E-state index in [1.807, 2.05) is 0 Å². The van der Waals surface area contributed by atoms with Crippen LogP contribution in [0.4, 0.5) is 0 Å². The molecule has 0 aromatic heterocycles. The molecule has 2 fully saturated rings. The third-order valence-corrected chi connectivity index (χ3v) is 3.47. The van der Waals surface area contributed by atoms with E-state index < -0.39 is 0 Å². The second kappa shape index (κ2) is 4.62. The molecule has 1 saturated carbocycles. The number of nitrogens with zero attached hydrogens (tertiary/aromatic N) is 2. The number of hydrogen-bond donors (Lipinski definition) is 0. The molecule has 1 aliphatic heterocycles. The largest absolute Gasteiger partial charge is 0.308 e. The summed E-state index contributed by atoms with van der Waals surface area (Å²) in [6.07, 6.45) is 4.81. The highest BCUT2D eigenvalue weighted by molar-refractivity contribution is 5.85. The van der Waals surface area contributed by atoms with Gasteiger partial charge in [-0.05, 0) is 46.3 Å². The Balaban J connectivity index is 1.81. The summed E-state index contributed by atoms with van der Waals surface area (Å²) in [5.74, 6) is 0.909. The van der Waals surface area contributed by atoms with Crippen LogP contribution < -0.4 is 0 Å². The van der Waals surface area contributed by atoms with Crippen molar-refractivity contribution in [3.8, 4) is 0 Å². The van der Waals surface area contributed by atoms with E-state index in [4.69, 9.17) is 0 Å². The van der Waals surface area contributed by atoms with E-state index in [1.165, 1.54) is 12.8 Å². The van der Waals surface area contributed by atoms with E-state index in [9.17, 15) is 4.79 Å². The van der Waals surface area contributed by atoms with Crippen LogP contribution >= 0.6 is 0 Å². The van der Waals surface area contributed by atoms with Crippen molar-refractivity contribution in [2.24, 2.45) is 5.92 Å². The Morgan fingerprint density at radius 1 is 1.33 bits per heavy atom. The Hall–Kier alpha value is -0.410. The number of ketones is 1. The van der Waals surface area contributed by atoms with Crippen molar-refractivity contribution >= 4 is 5.78 Å². The molecule has 0 radical (unpaired) electrons. The van der Waals surface area contributed by atoms with Gasteiger partial charge >= 0.3 is 0 Å². The maximum absolute atomic E-state index is 11.7. The zero-order chi connectivity index (χ0) is 10.8. The smallest absolute Gasteiger partial charge is 0.149 e. The van der Waals surface area contributed by atoms with Gasteiger partial charge in [-0.1, -0.05) is 0 Å². The van der Waals surface area contributed by atoms with Gasteiger partial charge in [-0.2, -0.15) is 0 Å². The number of rotatable bonds is 5. The summed E-state index contributed by atoms with van der Waals surface area (Å²) in [4.78, 5) is 16.4. The maximum Gasteiger partial charge on any atom is 0.149 e. The first kappa shape index (κ1) is 11.1. The lowest BCUT2D eigenvalue weighted by Gasteiger charge is -2.26. The lowest BCUT2D eigenvalue weighted by molar-refractivity contribution is -0.121.